The van der Waals surface area contributed by atoms with Gasteiger partial charge in [-0.3, -0.25) is 4.79 Å². The fourth-order valence-electron chi connectivity index (χ4n) is 3.94. The van der Waals surface area contributed by atoms with Crippen molar-refractivity contribution in [2.24, 2.45) is 0 Å². The van der Waals surface area contributed by atoms with E-state index in [0.717, 1.165) is 5.56 Å². The molecule has 4 aromatic rings. The number of rotatable bonds is 7. The van der Waals surface area contributed by atoms with Crippen LogP contribution in [-0.2, 0) is 16.6 Å². The van der Waals surface area contributed by atoms with Crippen LogP contribution in [0.25, 0.3) is 22.0 Å². The van der Waals surface area contributed by atoms with E-state index in [0.29, 0.717) is 27.6 Å². The molecule has 176 valence electrons. The lowest BCUT2D eigenvalue weighted by molar-refractivity contribution is 0.0974. The fourth-order valence-corrected chi connectivity index (χ4v) is 4.47. The Morgan fingerprint density at radius 1 is 1.15 bits per heavy atom. The van der Waals surface area contributed by atoms with Gasteiger partial charge in [-0.1, -0.05) is 29.8 Å². The van der Waals surface area contributed by atoms with Gasteiger partial charge in [-0.2, -0.15) is 0 Å². The number of carbonyl (C=O) groups excluding carboxylic acids is 1. The maximum atomic E-state index is 14.6. The third-order valence-electron chi connectivity index (χ3n) is 5.58. The minimum absolute atomic E-state index is 0.0176. The van der Waals surface area contributed by atoms with Crippen LogP contribution >= 0.6 is 0 Å². The van der Waals surface area contributed by atoms with Crippen molar-refractivity contribution in [3.05, 3.63) is 83.4 Å². The number of sulfonamides is 1. The van der Waals surface area contributed by atoms with Gasteiger partial charge in [0.25, 0.3) is 5.91 Å². The zero-order chi connectivity index (χ0) is 24.5. The predicted octanol–water partition coefficient (Wildman–Crippen LogP) is 4.29. The van der Waals surface area contributed by atoms with Gasteiger partial charge in [-0.15, -0.1) is 0 Å². The molecule has 0 aliphatic heterocycles. The Bertz CT molecular complexity index is 1500. The minimum Gasteiger partial charge on any atom is -0.481 e. The van der Waals surface area contributed by atoms with Crippen molar-refractivity contribution in [1.82, 2.24) is 14.3 Å². The van der Waals surface area contributed by atoms with Crippen LogP contribution in [0.15, 0.2) is 60.8 Å². The molecule has 0 radical (unpaired) electrons. The first-order valence-electron chi connectivity index (χ1n) is 10.7. The largest absolute Gasteiger partial charge is 0.481 e. The van der Waals surface area contributed by atoms with E-state index in [9.17, 15) is 17.6 Å². The van der Waals surface area contributed by atoms with Gasteiger partial charge < -0.3 is 9.30 Å². The number of hydrogen-bond acceptors (Lipinski definition) is 5. The highest BCUT2D eigenvalue weighted by molar-refractivity contribution is 7.90. The Labute approximate surface area is 197 Å². The number of hydrogen-bond donors (Lipinski definition) is 1. The molecule has 0 saturated heterocycles. The van der Waals surface area contributed by atoms with Gasteiger partial charge in [0, 0.05) is 33.8 Å². The molecule has 0 bridgehead atoms. The Kier molecular flexibility index (Phi) is 6.39. The van der Waals surface area contributed by atoms with Gasteiger partial charge in [0.1, 0.15) is 11.5 Å². The monoisotopic (exact) mass is 481 g/mol. The highest BCUT2D eigenvalue weighted by Crippen LogP contribution is 2.39. The summed E-state index contributed by atoms with van der Waals surface area (Å²) in [6, 6.07) is 15.4. The maximum absolute atomic E-state index is 14.6. The molecule has 1 N–H and O–H groups in total. The molecule has 9 heteroatoms. The summed E-state index contributed by atoms with van der Waals surface area (Å²) >= 11 is 0. The summed E-state index contributed by atoms with van der Waals surface area (Å²) in [7, 11) is -2.39. The van der Waals surface area contributed by atoms with E-state index in [4.69, 9.17) is 4.74 Å². The van der Waals surface area contributed by atoms with Crippen LogP contribution in [0, 0.1) is 12.7 Å². The van der Waals surface area contributed by atoms with Gasteiger partial charge >= 0.3 is 0 Å². The molecular formula is C25H24FN3O4S. The Morgan fingerprint density at radius 2 is 1.91 bits per heavy atom. The summed E-state index contributed by atoms with van der Waals surface area (Å²) in [5, 5.41) is 0.696. The number of benzene rings is 2. The summed E-state index contributed by atoms with van der Waals surface area (Å²) in [5.41, 5.74) is 3.00. The molecule has 0 atom stereocenters. The first kappa shape index (κ1) is 23.4. The quantitative estimate of drug-likeness (QED) is 0.425. The molecule has 0 aliphatic rings. The van der Waals surface area contributed by atoms with Crippen molar-refractivity contribution in [2.45, 2.75) is 20.4 Å². The highest BCUT2D eigenvalue weighted by Gasteiger charge is 2.28. The Morgan fingerprint density at radius 3 is 2.62 bits per heavy atom. The normalized spacial score (nSPS) is 11.5. The molecular weight excluding hydrogens is 457 g/mol. The van der Waals surface area contributed by atoms with Gasteiger partial charge in [-0.25, -0.2) is 22.5 Å². The van der Waals surface area contributed by atoms with Crippen molar-refractivity contribution in [3.63, 3.8) is 0 Å². The molecule has 34 heavy (non-hydrogen) atoms. The van der Waals surface area contributed by atoms with E-state index < -0.39 is 21.7 Å². The van der Waals surface area contributed by atoms with Gasteiger partial charge in [-0.05, 0) is 44.2 Å². The number of fused-ring (bicyclic) bond motifs is 1. The van der Waals surface area contributed by atoms with Crippen molar-refractivity contribution in [2.75, 3.05) is 12.9 Å². The number of amides is 1. The van der Waals surface area contributed by atoms with Crippen LogP contribution in [0.2, 0.25) is 0 Å². The molecule has 7 nitrogen and oxygen atoms in total. The molecule has 0 aliphatic carbocycles. The summed E-state index contributed by atoms with van der Waals surface area (Å²) in [6.07, 6.45) is 1.56. The number of halogens is 1. The lowest BCUT2D eigenvalue weighted by Gasteiger charge is -2.14. The molecule has 0 unspecified atom stereocenters. The fraction of sp³-hybridized carbons (Fsp3) is 0.200. The summed E-state index contributed by atoms with van der Waals surface area (Å²) < 4.78 is 48.5. The Balaban J connectivity index is 2.09. The van der Waals surface area contributed by atoms with Crippen LogP contribution in [0.5, 0.6) is 5.88 Å². The molecule has 4 rings (SSSR count). The van der Waals surface area contributed by atoms with Crippen LogP contribution in [0.3, 0.4) is 0 Å². The number of aryl methyl sites for hydroxylation is 1. The van der Waals surface area contributed by atoms with Crippen LogP contribution in [0.1, 0.15) is 28.5 Å². The third-order valence-corrected chi connectivity index (χ3v) is 6.84. The lowest BCUT2D eigenvalue weighted by atomic mass is 10.0. The predicted molar refractivity (Wildman–Crippen MR) is 129 cm³/mol. The highest BCUT2D eigenvalue weighted by atomic mass is 32.2. The van der Waals surface area contributed by atoms with E-state index in [2.05, 4.69) is 9.71 Å². The Hall–Kier alpha value is -3.72. The van der Waals surface area contributed by atoms with Crippen LogP contribution in [0.4, 0.5) is 4.39 Å². The number of carbonyl (C=O) groups is 1. The van der Waals surface area contributed by atoms with Gasteiger partial charge in [0.15, 0.2) is 0 Å². The molecule has 1 amide bonds. The molecule has 0 spiro atoms. The summed E-state index contributed by atoms with van der Waals surface area (Å²) in [6.45, 7) is 3.38. The van der Waals surface area contributed by atoms with Crippen molar-refractivity contribution >= 4 is 26.8 Å². The molecule has 2 aromatic heterocycles. The SMILES string of the molecule is CCS(=O)(=O)NC(=O)c1c(-c2cccnc2OC)c2cc(C)ccc2n1Cc1ccccc1F. The zero-order valence-corrected chi connectivity index (χ0v) is 19.8. The first-order valence-corrected chi connectivity index (χ1v) is 12.3. The smallest absolute Gasteiger partial charge is 0.282 e. The third kappa shape index (κ3) is 4.38. The van der Waals surface area contributed by atoms with Crippen LogP contribution in [-0.4, -0.2) is 36.7 Å². The maximum Gasteiger partial charge on any atom is 0.282 e. The van der Waals surface area contributed by atoms with Crippen LogP contribution < -0.4 is 9.46 Å². The van der Waals surface area contributed by atoms with Gasteiger partial charge in [0.2, 0.25) is 15.9 Å². The first-order chi connectivity index (χ1) is 16.3. The topological polar surface area (TPSA) is 90.3 Å². The van der Waals surface area contributed by atoms with Crippen molar-refractivity contribution < 1.29 is 22.3 Å². The van der Waals surface area contributed by atoms with E-state index in [1.54, 1.807) is 41.1 Å². The number of methoxy groups -OCH3 is 1. The zero-order valence-electron chi connectivity index (χ0n) is 19.0. The minimum atomic E-state index is -3.86. The second kappa shape index (κ2) is 9.26. The van der Waals surface area contributed by atoms with E-state index >= 15 is 0 Å². The van der Waals surface area contributed by atoms with Crippen molar-refractivity contribution in [1.29, 1.82) is 0 Å². The molecule has 2 aromatic carbocycles. The molecule has 2 heterocycles. The number of nitrogens with one attached hydrogen (secondary N) is 1. The summed E-state index contributed by atoms with van der Waals surface area (Å²) in [4.78, 5) is 17.8. The van der Waals surface area contributed by atoms with Gasteiger partial charge in [0.05, 0.1) is 19.4 Å². The van der Waals surface area contributed by atoms with E-state index in [1.807, 2.05) is 25.1 Å². The number of ether oxygens (including phenoxy) is 1. The number of nitrogens with zero attached hydrogens (tertiary/aromatic N) is 2. The number of pyridine rings is 1. The number of aromatic nitrogens is 2. The second-order valence-corrected chi connectivity index (χ2v) is 9.83. The average Bonchev–Trinajstić information content (AvgIpc) is 3.13. The molecule has 0 fully saturated rings. The second-order valence-electron chi connectivity index (χ2n) is 7.82. The van der Waals surface area contributed by atoms with Crippen molar-refractivity contribution in [3.8, 4) is 17.0 Å². The average molecular weight is 482 g/mol. The van der Waals surface area contributed by atoms with E-state index in [1.165, 1.54) is 20.1 Å². The lowest BCUT2D eigenvalue weighted by Crippen LogP contribution is -2.33. The summed E-state index contributed by atoms with van der Waals surface area (Å²) in [5.74, 6) is -1.23. The molecule has 0 saturated carbocycles. The van der Waals surface area contributed by atoms with E-state index in [-0.39, 0.29) is 23.9 Å². The standard InChI is InChI=1S/C25H24FN3O4S/c1-4-34(31,32)28-24(30)23-22(18-9-7-13-27-25(18)33-3)19-14-16(2)11-12-21(19)29(23)15-17-8-5-6-10-20(17)26/h5-14H,4,15H2,1-3H3,(H,28,30).